The van der Waals surface area contributed by atoms with E-state index in [1.54, 1.807) is 6.07 Å². The minimum Gasteiger partial charge on any atom is -0.478 e. The van der Waals surface area contributed by atoms with Crippen LogP contribution in [0.1, 0.15) is 23.2 Å². The summed E-state index contributed by atoms with van der Waals surface area (Å²) < 4.78 is 0. The smallest absolute Gasteiger partial charge is 0.337 e. The third-order valence-corrected chi connectivity index (χ3v) is 3.41. The van der Waals surface area contributed by atoms with Crippen LogP contribution in [0.15, 0.2) is 18.2 Å². The highest BCUT2D eigenvalue weighted by atomic mass is 35.5. The van der Waals surface area contributed by atoms with E-state index in [2.05, 4.69) is 10.6 Å². The predicted molar refractivity (Wildman–Crippen MR) is 72.6 cm³/mol. The van der Waals surface area contributed by atoms with Gasteiger partial charge in [0.2, 0.25) is 5.91 Å². The minimum absolute atomic E-state index is 0.00906. The minimum atomic E-state index is -1.11. The maximum Gasteiger partial charge on any atom is 0.337 e. The molecule has 5 nitrogen and oxygen atoms in total. The topological polar surface area (TPSA) is 78.4 Å². The van der Waals surface area contributed by atoms with Crippen molar-refractivity contribution in [2.24, 2.45) is 5.92 Å². The molecular weight excluding hydrogens is 268 g/mol. The Bertz CT molecular complexity index is 499. The molecule has 1 aromatic rings. The second-order valence-electron chi connectivity index (χ2n) is 4.51. The van der Waals surface area contributed by atoms with E-state index in [0.29, 0.717) is 10.7 Å². The third-order valence-electron chi connectivity index (χ3n) is 3.18. The molecule has 1 fully saturated rings. The number of carboxylic acid groups (broad SMARTS) is 1. The van der Waals surface area contributed by atoms with Gasteiger partial charge in [0.25, 0.3) is 0 Å². The zero-order valence-corrected chi connectivity index (χ0v) is 11.0. The number of anilines is 1. The van der Waals surface area contributed by atoms with Crippen LogP contribution in [0.4, 0.5) is 5.69 Å². The predicted octanol–water partition coefficient (Wildman–Crippen LogP) is 1.98. The fourth-order valence-electron chi connectivity index (χ4n) is 2.12. The molecule has 102 valence electrons. The van der Waals surface area contributed by atoms with Crippen LogP contribution in [0.3, 0.4) is 0 Å². The molecule has 0 aromatic heterocycles. The number of carboxylic acids is 1. The SMILES string of the molecule is O=C(O)c1cc(Cl)ccc1NC(=O)C1CCNCC1. The maximum atomic E-state index is 12.1. The van der Waals surface area contributed by atoms with Crippen molar-refractivity contribution in [3.8, 4) is 0 Å². The molecule has 6 heteroatoms. The molecule has 0 atom stereocenters. The molecule has 0 saturated carbocycles. The lowest BCUT2D eigenvalue weighted by molar-refractivity contribution is -0.120. The van der Waals surface area contributed by atoms with Crippen LogP contribution < -0.4 is 10.6 Å². The first-order valence-corrected chi connectivity index (χ1v) is 6.50. The van der Waals surface area contributed by atoms with Crippen LogP contribution in [0, 0.1) is 5.92 Å². The zero-order valence-electron chi connectivity index (χ0n) is 10.3. The number of benzene rings is 1. The number of hydrogen-bond donors (Lipinski definition) is 3. The van der Waals surface area contributed by atoms with Crippen molar-refractivity contribution in [1.82, 2.24) is 5.32 Å². The molecule has 19 heavy (non-hydrogen) atoms. The lowest BCUT2D eigenvalue weighted by atomic mass is 9.97. The summed E-state index contributed by atoms with van der Waals surface area (Å²) in [5, 5.41) is 15.3. The molecule has 1 aliphatic rings. The van der Waals surface area contributed by atoms with Crippen molar-refractivity contribution in [3.05, 3.63) is 28.8 Å². The summed E-state index contributed by atoms with van der Waals surface area (Å²) >= 11 is 5.76. The fraction of sp³-hybridized carbons (Fsp3) is 0.385. The largest absolute Gasteiger partial charge is 0.478 e. The average molecular weight is 283 g/mol. The van der Waals surface area contributed by atoms with Crippen molar-refractivity contribution in [2.45, 2.75) is 12.8 Å². The summed E-state index contributed by atoms with van der Waals surface area (Å²) in [4.78, 5) is 23.2. The van der Waals surface area contributed by atoms with Gasteiger partial charge in [-0.1, -0.05) is 11.6 Å². The molecule has 1 saturated heterocycles. The summed E-state index contributed by atoms with van der Waals surface area (Å²) in [6, 6.07) is 4.42. The number of piperidine rings is 1. The molecule has 1 aromatic carbocycles. The van der Waals surface area contributed by atoms with E-state index in [1.165, 1.54) is 12.1 Å². The van der Waals surface area contributed by atoms with Crippen molar-refractivity contribution in [2.75, 3.05) is 18.4 Å². The highest BCUT2D eigenvalue weighted by Crippen LogP contribution is 2.22. The standard InChI is InChI=1S/C13H15ClN2O3/c14-9-1-2-11(10(7-9)13(18)19)16-12(17)8-3-5-15-6-4-8/h1-2,7-8,15H,3-6H2,(H,16,17)(H,18,19). The molecule has 0 unspecified atom stereocenters. The van der Waals surface area contributed by atoms with Crippen molar-refractivity contribution in [1.29, 1.82) is 0 Å². The molecule has 0 radical (unpaired) electrons. The van der Waals surface area contributed by atoms with Crippen LogP contribution in [0.5, 0.6) is 0 Å². The number of nitrogens with one attached hydrogen (secondary N) is 2. The van der Waals surface area contributed by atoms with Crippen LogP contribution in [-0.2, 0) is 4.79 Å². The normalized spacial score (nSPS) is 16.1. The molecule has 0 aliphatic carbocycles. The summed E-state index contributed by atoms with van der Waals surface area (Å²) in [7, 11) is 0. The van der Waals surface area contributed by atoms with Gasteiger partial charge in [-0.3, -0.25) is 4.79 Å². The van der Waals surface area contributed by atoms with E-state index in [9.17, 15) is 9.59 Å². The van der Waals surface area contributed by atoms with Gasteiger partial charge in [0.05, 0.1) is 11.3 Å². The highest BCUT2D eigenvalue weighted by molar-refractivity contribution is 6.31. The fourth-order valence-corrected chi connectivity index (χ4v) is 2.29. The molecular formula is C13H15ClN2O3. The number of halogens is 1. The van der Waals surface area contributed by atoms with E-state index in [0.717, 1.165) is 25.9 Å². The Kier molecular flexibility index (Phi) is 4.39. The van der Waals surface area contributed by atoms with Gasteiger partial charge in [0.15, 0.2) is 0 Å². The number of amides is 1. The van der Waals surface area contributed by atoms with Gasteiger partial charge < -0.3 is 15.7 Å². The first-order chi connectivity index (χ1) is 9.08. The Labute approximate surface area is 116 Å². The summed E-state index contributed by atoms with van der Waals surface area (Å²) in [5.41, 5.74) is 0.301. The van der Waals surface area contributed by atoms with Gasteiger partial charge in [-0.05, 0) is 44.1 Å². The number of aromatic carboxylic acids is 1. The summed E-state index contributed by atoms with van der Waals surface area (Å²) in [6.07, 6.45) is 1.53. The summed E-state index contributed by atoms with van der Waals surface area (Å²) in [6.45, 7) is 1.62. The summed E-state index contributed by atoms with van der Waals surface area (Å²) in [5.74, 6) is -1.31. The molecule has 2 rings (SSSR count). The number of hydrogen-bond acceptors (Lipinski definition) is 3. The number of carbonyl (C=O) groups excluding carboxylic acids is 1. The van der Waals surface area contributed by atoms with E-state index >= 15 is 0 Å². The van der Waals surface area contributed by atoms with E-state index in [1.807, 2.05) is 0 Å². The van der Waals surface area contributed by atoms with Crippen molar-refractivity contribution in [3.63, 3.8) is 0 Å². The Morgan fingerprint density at radius 3 is 2.63 bits per heavy atom. The van der Waals surface area contributed by atoms with E-state index in [4.69, 9.17) is 16.7 Å². The van der Waals surface area contributed by atoms with Gasteiger partial charge in [0.1, 0.15) is 0 Å². The molecule has 1 aliphatic heterocycles. The molecule has 3 N–H and O–H groups in total. The lowest BCUT2D eigenvalue weighted by Crippen LogP contribution is -2.34. The molecule has 1 heterocycles. The van der Waals surface area contributed by atoms with Crippen LogP contribution in [0.25, 0.3) is 0 Å². The van der Waals surface area contributed by atoms with Gasteiger partial charge >= 0.3 is 5.97 Å². The lowest BCUT2D eigenvalue weighted by Gasteiger charge is -2.22. The first-order valence-electron chi connectivity index (χ1n) is 6.12. The first kappa shape index (κ1) is 13.8. The van der Waals surface area contributed by atoms with Crippen LogP contribution in [-0.4, -0.2) is 30.1 Å². The Balaban J connectivity index is 2.13. The van der Waals surface area contributed by atoms with Crippen molar-refractivity contribution < 1.29 is 14.7 Å². The third kappa shape index (κ3) is 3.45. The Morgan fingerprint density at radius 1 is 1.32 bits per heavy atom. The van der Waals surface area contributed by atoms with Gasteiger partial charge in [0, 0.05) is 10.9 Å². The van der Waals surface area contributed by atoms with E-state index < -0.39 is 5.97 Å². The van der Waals surface area contributed by atoms with Gasteiger partial charge in [-0.2, -0.15) is 0 Å². The van der Waals surface area contributed by atoms with Crippen LogP contribution >= 0.6 is 11.6 Å². The maximum absolute atomic E-state index is 12.1. The quantitative estimate of drug-likeness (QED) is 0.792. The van der Waals surface area contributed by atoms with Gasteiger partial charge in [-0.25, -0.2) is 4.79 Å². The number of rotatable bonds is 3. The second kappa shape index (κ2) is 6.04. The van der Waals surface area contributed by atoms with Crippen molar-refractivity contribution >= 4 is 29.2 Å². The second-order valence-corrected chi connectivity index (χ2v) is 4.95. The Hall–Kier alpha value is -1.59. The van der Waals surface area contributed by atoms with Crippen LogP contribution in [0.2, 0.25) is 5.02 Å². The Morgan fingerprint density at radius 2 is 2.00 bits per heavy atom. The molecule has 0 spiro atoms. The zero-order chi connectivity index (χ0) is 13.8. The highest BCUT2D eigenvalue weighted by Gasteiger charge is 2.22. The average Bonchev–Trinajstić information content (AvgIpc) is 2.41. The van der Waals surface area contributed by atoms with E-state index in [-0.39, 0.29) is 17.4 Å². The number of carbonyl (C=O) groups is 2. The molecule has 1 amide bonds. The van der Waals surface area contributed by atoms with Gasteiger partial charge in [-0.15, -0.1) is 0 Å². The monoisotopic (exact) mass is 282 g/mol. The molecule has 0 bridgehead atoms.